The molecule has 1 atom stereocenters. The summed E-state index contributed by atoms with van der Waals surface area (Å²) in [5, 5.41) is 2.40. The standard InChI is InChI=1S/C20H20Cl3NO4/c1-12-5-8-14(9-6-12)26-17(25)24-20(19(21,22)23)27-15-10-7-13(18(2,3)4)11-16(15)28-20/h5-11H,1-4H3,(H,24,25)/t20-/m1/s1. The molecular weight excluding hydrogens is 425 g/mol. The molecule has 8 heteroatoms. The first kappa shape index (κ1) is 20.9. The third-order valence-corrected chi connectivity index (χ3v) is 4.93. The fourth-order valence-corrected chi connectivity index (χ4v) is 2.95. The van der Waals surface area contributed by atoms with Gasteiger partial charge in [-0.2, -0.15) is 0 Å². The molecule has 0 saturated heterocycles. The van der Waals surface area contributed by atoms with Gasteiger partial charge < -0.3 is 14.2 Å². The number of rotatable bonds is 2. The van der Waals surface area contributed by atoms with Gasteiger partial charge >= 0.3 is 12.0 Å². The van der Waals surface area contributed by atoms with Gasteiger partial charge in [0.1, 0.15) is 5.75 Å². The Bertz CT molecular complexity index is 888. The average Bonchev–Trinajstić information content (AvgIpc) is 2.94. The molecule has 0 saturated carbocycles. The molecule has 0 bridgehead atoms. The zero-order valence-electron chi connectivity index (χ0n) is 15.8. The summed E-state index contributed by atoms with van der Waals surface area (Å²) in [5.74, 6) is -1.05. The van der Waals surface area contributed by atoms with E-state index in [-0.39, 0.29) is 5.41 Å². The Morgan fingerprint density at radius 3 is 2.18 bits per heavy atom. The molecule has 2 aromatic carbocycles. The average molecular weight is 445 g/mol. The van der Waals surface area contributed by atoms with E-state index in [1.807, 2.05) is 13.0 Å². The molecule has 5 nitrogen and oxygen atoms in total. The Balaban J connectivity index is 1.84. The number of amides is 1. The molecular formula is C20H20Cl3NO4. The van der Waals surface area contributed by atoms with Gasteiger partial charge in [-0.1, -0.05) is 79.3 Å². The zero-order chi connectivity index (χ0) is 20.7. The first-order chi connectivity index (χ1) is 12.9. The van der Waals surface area contributed by atoms with E-state index in [4.69, 9.17) is 49.0 Å². The molecule has 0 aliphatic carbocycles. The van der Waals surface area contributed by atoms with E-state index in [2.05, 4.69) is 26.1 Å². The fraction of sp³-hybridized carbons (Fsp3) is 0.350. The summed E-state index contributed by atoms with van der Waals surface area (Å²) >= 11 is 18.3. The Labute approximate surface area is 178 Å². The van der Waals surface area contributed by atoms with Crippen molar-refractivity contribution in [2.75, 3.05) is 0 Å². The van der Waals surface area contributed by atoms with Gasteiger partial charge in [0.15, 0.2) is 11.5 Å². The van der Waals surface area contributed by atoms with E-state index in [0.29, 0.717) is 17.2 Å². The maximum atomic E-state index is 12.4. The van der Waals surface area contributed by atoms with Crippen molar-refractivity contribution in [1.82, 2.24) is 5.32 Å². The van der Waals surface area contributed by atoms with E-state index in [9.17, 15) is 4.79 Å². The third kappa shape index (κ3) is 4.27. The molecule has 150 valence electrons. The number of hydrogen-bond donors (Lipinski definition) is 1. The largest absolute Gasteiger partial charge is 0.428 e. The summed E-state index contributed by atoms with van der Waals surface area (Å²) in [4.78, 5) is 12.4. The van der Waals surface area contributed by atoms with Crippen molar-refractivity contribution in [3.05, 3.63) is 53.6 Å². The maximum absolute atomic E-state index is 12.4. The molecule has 1 aliphatic rings. The summed E-state index contributed by atoms with van der Waals surface area (Å²) in [7, 11) is 0. The van der Waals surface area contributed by atoms with Gasteiger partial charge in [0.05, 0.1) is 0 Å². The molecule has 3 rings (SSSR count). The van der Waals surface area contributed by atoms with E-state index in [1.54, 1.807) is 36.4 Å². The van der Waals surface area contributed by atoms with Crippen LogP contribution in [0.3, 0.4) is 0 Å². The second-order valence-corrected chi connectivity index (χ2v) is 9.84. The van der Waals surface area contributed by atoms with E-state index in [1.165, 1.54) is 0 Å². The number of carbonyl (C=O) groups excluding carboxylic acids is 1. The van der Waals surface area contributed by atoms with Crippen molar-refractivity contribution in [3.8, 4) is 17.2 Å². The first-order valence-electron chi connectivity index (χ1n) is 8.56. The number of halogens is 3. The van der Waals surface area contributed by atoms with Crippen molar-refractivity contribution < 1.29 is 19.0 Å². The Hall–Kier alpha value is -1.82. The number of benzene rings is 2. The number of ether oxygens (including phenoxy) is 3. The molecule has 1 amide bonds. The Morgan fingerprint density at radius 1 is 1.00 bits per heavy atom. The first-order valence-corrected chi connectivity index (χ1v) is 9.69. The number of carbonyl (C=O) groups is 1. The van der Waals surface area contributed by atoms with Crippen LogP contribution in [0, 0.1) is 6.92 Å². The third-order valence-electron chi connectivity index (χ3n) is 4.19. The summed E-state index contributed by atoms with van der Waals surface area (Å²) < 4.78 is 14.6. The van der Waals surface area contributed by atoms with Crippen LogP contribution in [-0.2, 0) is 5.41 Å². The number of aryl methyl sites for hydroxylation is 1. The van der Waals surface area contributed by atoms with Crippen molar-refractivity contribution in [1.29, 1.82) is 0 Å². The van der Waals surface area contributed by atoms with Crippen LogP contribution < -0.4 is 19.5 Å². The highest BCUT2D eigenvalue weighted by molar-refractivity contribution is 6.68. The van der Waals surface area contributed by atoms with E-state index < -0.39 is 15.8 Å². The SMILES string of the molecule is Cc1ccc(OC(=O)N[C@]2(C(Cl)(Cl)Cl)Oc3ccc(C(C)(C)C)cc3O2)cc1. The lowest BCUT2D eigenvalue weighted by molar-refractivity contribution is -0.0964. The maximum Gasteiger partial charge on any atom is 0.418 e. The highest BCUT2D eigenvalue weighted by Crippen LogP contribution is 2.49. The van der Waals surface area contributed by atoms with Crippen LogP contribution in [-0.4, -0.2) is 15.8 Å². The van der Waals surface area contributed by atoms with Gasteiger partial charge in [0, 0.05) is 0 Å². The van der Waals surface area contributed by atoms with Crippen LogP contribution >= 0.6 is 34.8 Å². The zero-order valence-corrected chi connectivity index (χ0v) is 18.1. The van der Waals surface area contributed by atoms with Crippen LogP contribution in [0.4, 0.5) is 4.79 Å². The minimum atomic E-state index is -2.14. The fourth-order valence-electron chi connectivity index (χ4n) is 2.58. The van der Waals surface area contributed by atoms with Crippen LogP contribution in [0.1, 0.15) is 31.9 Å². The number of alkyl halides is 3. The Morgan fingerprint density at radius 2 is 1.61 bits per heavy atom. The van der Waals surface area contributed by atoms with Gasteiger partial charge in [-0.25, -0.2) is 10.1 Å². The van der Waals surface area contributed by atoms with Gasteiger partial charge in [-0.3, -0.25) is 0 Å². The molecule has 0 aromatic heterocycles. The van der Waals surface area contributed by atoms with E-state index in [0.717, 1.165) is 11.1 Å². The topological polar surface area (TPSA) is 56.8 Å². The lowest BCUT2D eigenvalue weighted by Gasteiger charge is -2.33. The lowest BCUT2D eigenvalue weighted by atomic mass is 9.87. The summed E-state index contributed by atoms with van der Waals surface area (Å²) in [6, 6.07) is 12.3. The monoisotopic (exact) mass is 443 g/mol. The highest BCUT2D eigenvalue weighted by atomic mass is 35.6. The van der Waals surface area contributed by atoms with Gasteiger partial charge in [0.2, 0.25) is 0 Å². The van der Waals surface area contributed by atoms with Crippen LogP contribution in [0.25, 0.3) is 0 Å². The summed E-state index contributed by atoms with van der Waals surface area (Å²) in [6.45, 7) is 8.10. The molecule has 0 fully saturated rings. The van der Waals surface area contributed by atoms with Crippen LogP contribution in [0.2, 0.25) is 0 Å². The normalized spacial score (nSPS) is 18.7. The van der Waals surface area contributed by atoms with Crippen LogP contribution in [0.5, 0.6) is 17.2 Å². The molecule has 28 heavy (non-hydrogen) atoms. The van der Waals surface area contributed by atoms with Crippen molar-refractivity contribution >= 4 is 40.9 Å². The quantitative estimate of drug-likeness (QED) is 0.588. The Kier molecular flexibility index (Phi) is 5.38. The second-order valence-electron chi connectivity index (χ2n) is 7.56. The smallest absolute Gasteiger partial charge is 0.418 e. The number of nitrogens with one attached hydrogen (secondary N) is 1. The lowest BCUT2D eigenvalue weighted by Crippen LogP contribution is -2.64. The second kappa shape index (κ2) is 7.21. The predicted octanol–water partition coefficient (Wildman–Crippen LogP) is 5.88. The molecule has 1 heterocycles. The minimum Gasteiger partial charge on any atom is -0.428 e. The predicted molar refractivity (Wildman–Crippen MR) is 110 cm³/mol. The minimum absolute atomic E-state index is 0.124. The van der Waals surface area contributed by atoms with Gasteiger partial charge in [0.25, 0.3) is 3.79 Å². The van der Waals surface area contributed by atoms with Gasteiger partial charge in [-0.15, -0.1) is 0 Å². The van der Waals surface area contributed by atoms with Crippen molar-refractivity contribution in [3.63, 3.8) is 0 Å². The molecule has 1 N–H and O–H groups in total. The van der Waals surface area contributed by atoms with Crippen molar-refractivity contribution in [2.24, 2.45) is 0 Å². The number of hydrogen-bond acceptors (Lipinski definition) is 4. The summed E-state index contributed by atoms with van der Waals surface area (Å²) in [6.07, 6.45) is -0.890. The molecule has 2 aromatic rings. The van der Waals surface area contributed by atoms with Crippen molar-refractivity contribution in [2.45, 2.75) is 42.8 Å². The van der Waals surface area contributed by atoms with Gasteiger partial charge in [-0.05, 0) is 42.2 Å². The molecule has 0 radical (unpaired) electrons. The molecule has 1 aliphatic heterocycles. The van der Waals surface area contributed by atoms with E-state index >= 15 is 0 Å². The molecule has 0 unspecified atom stereocenters. The molecule has 0 spiro atoms. The summed E-state index contributed by atoms with van der Waals surface area (Å²) in [5.41, 5.74) is 1.90. The number of fused-ring (bicyclic) bond motifs is 1. The highest BCUT2D eigenvalue weighted by Gasteiger charge is 2.60. The van der Waals surface area contributed by atoms with Crippen LogP contribution in [0.15, 0.2) is 42.5 Å².